The number of rotatable bonds is 5. The highest BCUT2D eigenvalue weighted by Gasteiger charge is 2.31. The number of carbonyl (C=O) groups is 4. The van der Waals surface area contributed by atoms with Gasteiger partial charge in [0.2, 0.25) is 5.91 Å². The van der Waals surface area contributed by atoms with Gasteiger partial charge in [-0.25, -0.2) is 4.79 Å². The predicted octanol–water partition coefficient (Wildman–Crippen LogP) is 1.26. The number of aromatic carboxylic acids is 1. The minimum absolute atomic E-state index is 0.00816. The van der Waals surface area contributed by atoms with Gasteiger partial charge in [0.15, 0.2) is 0 Å². The van der Waals surface area contributed by atoms with E-state index in [-0.39, 0.29) is 23.5 Å². The Morgan fingerprint density at radius 2 is 1.83 bits per heavy atom. The van der Waals surface area contributed by atoms with Crippen molar-refractivity contribution in [3.8, 4) is 0 Å². The van der Waals surface area contributed by atoms with E-state index in [0.29, 0.717) is 13.1 Å². The third kappa shape index (κ3) is 6.13. The molecule has 1 aromatic carbocycles. The largest absolute Gasteiger partial charge is 0.481 e. The summed E-state index contributed by atoms with van der Waals surface area (Å²) in [5, 5.41) is 20.1. The molecular formula is C20H21N3O6. The Balaban J connectivity index is 0.000000253. The second-order valence-corrected chi connectivity index (χ2v) is 6.41. The Kier molecular flexibility index (Phi) is 7.41. The van der Waals surface area contributed by atoms with Gasteiger partial charge in [-0.3, -0.25) is 19.4 Å². The van der Waals surface area contributed by atoms with Crippen LogP contribution in [0.3, 0.4) is 0 Å². The first-order chi connectivity index (χ1) is 13.8. The molecule has 29 heavy (non-hydrogen) atoms. The summed E-state index contributed by atoms with van der Waals surface area (Å²) < 4.78 is 0. The summed E-state index contributed by atoms with van der Waals surface area (Å²) in [6, 6.07) is 9.71. The van der Waals surface area contributed by atoms with Crippen molar-refractivity contribution in [2.24, 2.45) is 5.92 Å². The molecular weight excluding hydrogens is 378 g/mol. The third-order valence-corrected chi connectivity index (χ3v) is 4.27. The van der Waals surface area contributed by atoms with E-state index in [0.717, 1.165) is 5.56 Å². The molecule has 1 fully saturated rings. The van der Waals surface area contributed by atoms with E-state index in [9.17, 15) is 19.2 Å². The summed E-state index contributed by atoms with van der Waals surface area (Å²) in [6.45, 7) is 0.662. The summed E-state index contributed by atoms with van der Waals surface area (Å²) in [7, 11) is 1.62. The number of pyridine rings is 1. The number of likely N-dealkylation sites (tertiary alicyclic amines) is 1. The number of benzene rings is 1. The number of carboxylic acids is 2. The molecule has 1 atom stereocenters. The summed E-state index contributed by atoms with van der Waals surface area (Å²) in [6.07, 6.45) is 3.44. The van der Waals surface area contributed by atoms with Gasteiger partial charge in [-0.2, -0.15) is 0 Å². The zero-order valence-corrected chi connectivity index (χ0v) is 15.7. The van der Waals surface area contributed by atoms with Crippen LogP contribution in [0.1, 0.15) is 32.7 Å². The summed E-state index contributed by atoms with van der Waals surface area (Å²) in [5.41, 5.74) is 0.994. The van der Waals surface area contributed by atoms with Gasteiger partial charge < -0.3 is 20.4 Å². The van der Waals surface area contributed by atoms with Gasteiger partial charge in [0, 0.05) is 39.0 Å². The topological polar surface area (TPSA) is 137 Å². The van der Waals surface area contributed by atoms with Crippen LogP contribution in [0.4, 0.5) is 0 Å². The molecule has 1 aliphatic rings. The number of hydrogen-bond donors (Lipinski definition) is 3. The van der Waals surface area contributed by atoms with Crippen molar-refractivity contribution in [2.45, 2.75) is 13.0 Å². The Hall–Kier alpha value is -3.75. The molecule has 9 nitrogen and oxygen atoms in total. The molecule has 0 aliphatic carbocycles. The highest BCUT2D eigenvalue weighted by atomic mass is 16.4. The highest BCUT2D eigenvalue weighted by Crippen LogP contribution is 2.15. The van der Waals surface area contributed by atoms with Crippen LogP contribution in [0, 0.1) is 5.92 Å². The van der Waals surface area contributed by atoms with Crippen molar-refractivity contribution < 1.29 is 29.4 Å². The van der Waals surface area contributed by atoms with Crippen molar-refractivity contribution in [1.82, 2.24) is 15.2 Å². The first-order valence-corrected chi connectivity index (χ1v) is 8.75. The lowest BCUT2D eigenvalue weighted by Gasteiger charge is -2.07. The second-order valence-electron chi connectivity index (χ2n) is 6.41. The number of aromatic nitrogens is 1. The first-order valence-electron chi connectivity index (χ1n) is 8.75. The number of aliphatic carboxylic acids is 1. The average Bonchev–Trinajstić information content (AvgIpc) is 3.06. The van der Waals surface area contributed by atoms with E-state index < -0.39 is 23.8 Å². The van der Waals surface area contributed by atoms with E-state index in [4.69, 9.17) is 10.2 Å². The van der Waals surface area contributed by atoms with Gasteiger partial charge in [0.05, 0.1) is 17.0 Å². The number of amides is 2. The standard InChI is InChI=1S/C14H12N2O3.C6H9NO3/c17-13(16-9-10-4-3-7-15-8-10)11-5-1-2-6-12(11)14(18)19;1-7-3-4(6(9)10)2-5(7)8/h1-8H,9H2,(H,16,17)(H,18,19);4H,2-3H2,1H3,(H,9,10). The third-order valence-electron chi connectivity index (χ3n) is 4.27. The predicted molar refractivity (Wildman–Crippen MR) is 102 cm³/mol. The lowest BCUT2D eigenvalue weighted by Crippen LogP contribution is -2.24. The van der Waals surface area contributed by atoms with Crippen LogP contribution in [0.25, 0.3) is 0 Å². The van der Waals surface area contributed by atoms with Gasteiger partial charge in [-0.05, 0) is 23.8 Å². The fourth-order valence-corrected chi connectivity index (χ4v) is 2.68. The number of carbonyl (C=O) groups excluding carboxylic acids is 2. The Bertz CT molecular complexity index is 900. The molecule has 1 saturated heterocycles. The van der Waals surface area contributed by atoms with Crippen LogP contribution in [0.15, 0.2) is 48.8 Å². The zero-order chi connectivity index (χ0) is 21.4. The van der Waals surface area contributed by atoms with Gasteiger partial charge in [0.25, 0.3) is 5.91 Å². The second kappa shape index (κ2) is 9.98. The molecule has 0 bridgehead atoms. The maximum absolute atomic E-state index is 11.9. The minimum atomic E-state index is -1.12. The van der Waals surface area contributed by atoms with E-state index >= 15 is 0 Å². The lowest BCUT2D eigenvalue weighted by atomic mass is 10.1. The molecule has 152 valence electrons. The summed E-state index contributed by atoms with van der Waals surface area (Å²) in [4.78, 5) is 49.4. The molecule has 1 aromatic heterocycles. The number of hydrogen-bond acceptors (Lipinski definition) is 5. The number of carboxylic acid groups (broad SMARTS) is 2. The number of nitrogens with zero attached hydrogens (tertiary/aromatic N) is 2. The molecule has 0 saturated carbocycles. The molecule has 0 spiro atoms. The monoisotopic (exact) mass is 399 g/mol. The normalized spacial score (nSPS) is 15.3. The molecule has 0 radical (unpaired) electrons. The Morgan fingerprint density at radius 3 is 2.31 bits per heavy atom. The average molecular weight is 399 g/mol. The van der Waals surface area contributed by atoms with Crippen molar-refractivity contribution in [3.05, 3.63) is 65.5 Å². The van der Waals surface area contributed by atoms with E-state index in [2.05, 4.69) is 10.3 Å². The maximum atomic E-state index is 11.9. The fourth-order valence-electron chi connectivity index (χ4n) is 2.68. The van der Waals surface area contributed by atoms with Crippen molar-refractivity contribution in [3.63, 3.8) is 0 Å². The zero-order valence-electron chi connectivity index (χ0n) is 15.7. The van der Waals surface area contributed by atoms with Crippen molar-refractivity contribution >= 4 is 23.8 Å². The van der Waals surface area contributed by atoms with Crippen LogP contribution in [-0.4, -0.2) is 57.4 Å². The molecule has 3 N–H and O–H groups in total. The maximum Gasteiger partial charge on any atom is 0.336 e. The van der Waals surface area contributed by atoms with Crippen LogP contribution >= 0.6 is 0 Å². The number of nitrogens with one attached hydrogen (secondary N) is 1. The molecule has 3 rings (SSSR count). The Morgan fingerprint density at radius 1 is 1.14 bits per heavy atom. The lowest BCUT2D eigenvalue weighted by molar-refractivity contribution is -0.141. The molecule has 2 aromatic rings. The summed E-state index contributed by atoms with van der Waals surface area (Å²) in [5.74, 6) is -2.98. The first kappa shape index (κ1) is 21.5. The molecule has 1 unspecified atom stereocenters. The molecule has 2 amide bonds. The van der Waals surface area contributed by atoms with E-state index in [1.54, 1.807) is 37.6 Å². The van der Waals surface area contributed by atoms with Crippen LogP contribution in [-0.2, 0) is 16.1 Å². The fraction of sp³-hybridized carbons (Fsp3) is 0.250. The molecule has 2 heterocycles. The Labute approximate surface area is 167 Å². The minimum Gasteiger partial charge on any atom is -0.481 e. The van der Waals surface area contributed by atoms with Crippen molar-refractivity contribution in [2.75, 3.05) is 13.6 Å². The van der Waals surface area contributed by atoms with Crippen LogP contribution < -0.4 is 5.32 Å². The molecule has 1 aliphatic heterocycles. The van der Waals surface area contributed by atoms with Gasteiger partial charge in [-0.1, -0.05) is 18.2 Å². The smallest absolute Gasteiger partial charge is 0.336 e. The van der Waals surface area contributed by atoms with Crippen LogP contribution in [0.2, 0.25) is 0 Å². The SMILES string of the molecule is CN1CC(C(=O)O)CC1=O.O=C(O)c1ccccc1C(=O)NCc1cccnc1. The van der Waals surface area contributed by atoms with Crippen LogP contribution in [0.5, 0.6) is 0 Å². The van der Waals surface area contributed by atoms with Gasteiger partial charge >= 0.3 is 11.9 Å². The van der Waals surface area contributed by atoms with Gasteiger partial charge in [0.1, 0.15) is 0 Å². The van der Waals surface area contributed by atoms with Gasteiger partial charge in [-0.15, -0.1) is 0 Å². The summed E-state index contributed by atoms with van der Waals surface area (Å²) >= 11 is 0. The molecule has 9 heteroatoms. The highest BCUT2D eigenvalue weighted by molar-refractivity contribution is 6.04. The van der Waals surface area contributed by atoms with E-state index in [1.807, 2.05) is 6.07 Å². The quantitative estimate of drug-likeness (QED) is 0.688. The van der Waals surface area contributed by atoms with Crippen molar-refractivity contribution in [1.29, 1.82) is 0 Å². The van der Waals surface area contributed by atoms with E-state index in [1.165, 1.54) is 17.0 Å².